The number of benzene rings is 1. The van der Waals surface area contributed by atoms with Crippen LogP contribution in [0, 0.1) is 5.92 Å². The van der Waals surface area contributed by atoms with Crippen LogP contribution in [0.2, 0.25) is 0 Å². The Kier molecular flexibility index (Phi) is 5.21. The average molecular weight is 247 g/mol. The SMILES string of the molecule is CC(C)c1ccc(COCC2CCNCC2)cc1. The molecule has 1 fully saturated rings. The molecule has 2 heteroatoms. The minimum Gasteiger partial charge on any atom is -0.376 e. The van der Waals surface area contributed by atoms with Crippen molar-refractivity contribution in [1.82, 2.24) is 5.32 Å². The van der Waals surface area contributed by atoms with Gasteiger partial charge in [0.05, 0.1) is 6.61 Å². The monoisotopic (exact) mass is 247 g/mol. The number of rotatable bonds is 5. The van der Waals surface area contributed by atoms with E-state index < -0.39 is 0 Å². The van der Waals surface area contributed by atoms with E-state index in [4.69, 9.17) is 4.74 Å². The Hall–Kier alpha value is -0.860. The van der Waals surface area contributed by atoms with Crippen LogP contribution in [-0.4, -0.2) is 19.7 Å². The molecule has 1 heterocycles. The number of ether oxygens (including phenoxy) is 1. The lowest BCUT2D eigenvalue weighted by atomic mass is 9.99. The second-order valence-electron chi connectivity index (χ2n) is 5.60. The Bertz CT molecular complexity index is 339. The predicted octanol–water partition coefficient (Wildman–Crippen LogP) is 3.33. The van der Waals surface area contributed by atoms with Gasteiger partial charge in [0.1, 0.15) is 0 Å². The Labute approximate surface area is 111 Å². The van der Waals surface area contributed by atoms with E-state index in [1.807, 2.05) is 0 Å². The third kappa shape index (κ3) is 4.11. The van der Waals surface area contributed by atoms with Crippen LogP contribution in [0.1, 0.15) is 43.7 Å². The molecule has 18 heavy (non-hydrogen) atoms. The quantitative estimate of drug-likeness (QED) is 0.861. The summed E-state index contributed by atoms with van der Waals surface area (Å²) < 4.78 is 5.83. The Morgan fingerprint density at radius 2 is 1.83 bits per heavy atom. The lowest BCUT2D eigenvalue weighted by Crippen LogP contribution is -2.29. The summed E-state index contributed by atoms with van der Waals surface area (Å²) in [5, 5.41) is 3.38. The maximum Gasteiger partial charge on any atom is 0.0717 e. The molecule has 1 saturated heterocycles. The molecule has 0 aliphatic carbocycles. The van der Waals surface area contributed by atoms with E-state index in [9.17, 15) is 0 Å². The molecule has 0 atom stereocenters. The first-order valence-corrected chi connectivity index (χ1v) is 7.13. The molecule has 0 unspecified atom stereocenters. The lowest BCUT2D eigenvalue weighted by molar-refractivity contribution is 0.0763. The van der Waals surface area contributed by atoms with E-state index in [0.29, 0.717) is 5.92 Å². The van der Waals surface area contributed by atoms with Crippen LogP contribution in [-0.2, 0) is 11.3 Å². The van der Waals surface area contributed by atoms with Gasteiger partial charge in [-0.05, 0) is 48.9 Å². The van der Waals surface area contributed by atoms with Crippen LogP contribution >= 0.6 is 0 Å². The molecule has 0 radical (unpaired) electrons. The normalized spacial score (nSPS) is 17.3. The maximum absolute atomic E-state index is 5.83. The highest BCUT2D eigenvalue weighted by Gasteiger charge is 2.12. The molecule has 2 rings (SSSR count). The molecule has 0 aromatic heterocycles. The van der Waals surface area contributed by atoms with Gasteiger partial charge < -0.3 is 10.1 Å². The van der Waals surface area contributed by atoms with E-state index in [2.05, 4.69) is 43.4 Å². The zero-order valence-electron chi connectivity index (χ0n) is 11.6. The van der Waals surface area contributed by atoms with Crippen LogP contribution in [0.25, 0.3) is 0 Å². The minimum atomic E-state index is 0.606. The molecule has 0 amide bonds. The van der Waals surface area contributed by atoms with Crippen molar-refractivity contribution in [3.63, 3.8) is 0 Å². The Balaban J connectivity index is 1.72. The number of piperidine rings is 1. The van der Waals surface area contributed by atoms with E-state index in [1.165, 1.54) is 24.0 Å². The van der Waals surface area contributed by atoms with Crippen LogP contribution in [0.15, 0.2) is 24.3 Å². The van der Waals surface area contributed by atoms with Gasteiger partial charge in [0.25, 0.3) is 0 Å². The van der Waals surface area contributed by atoms with Gasteiger partial charge in [0.2, 0.25) is 0 Å². The molecule has 1 aromatic carbocycles. The molecule has 0 bridgehead atoms. The summed E-state index contributed by atoms with van der Waals surface area (Å²) in [6.07, 6.45) is 2.51. The molecule has 1 aromatic rings. The van der Waals surface area contributed by atoms with Crippen molar-refractivity contribution in [2.24, 2.45) is 5.92 Å². The molecule has 1 aliphatic heterocycles. The summed E-state index contributed by atoms with van der Waals surface area (Å²) in [4.78, 5) is 0. The average Bonchev–Trinajstić information content (AvgIpc) is 2.40. The highest BCUT2D eigenvalue weighted by atomic mass is 16.5. The standard InChI is InChI=1S/C16H25NO/c1-13(2)16-5-3-14(4-6-16)11-18-12-15-7-9-17-10-8-15/h3-6,13,15,17H,7-12H2,1-2H3. The maximum atomic E-state index is 5.83. The van der Waals surface area contributed by atoms with Crippen molar-refractivity contribution in [3.8, 4) is 0 Å². The van der Waals surface area contributed by atoms with Crippen LogP contribution in [0.3, 0.4) is 0 Å². The van der Waals surface area contributed by atoms with Crippen molar-refractivity contribution in [3.05, 3.63) is 35.4 Å². The Morgan fingerprint density at radius 1 is 1.17 bits per heavy atom. The molecule has 1 aliphatic rings. The first kappa shape index (κ1) is 13.6. The van der Waals surface area contributed by atoms with Gasteiger partial charge in [0.15, 0.2) is 0 Å². The van der Waals surface area contributed by atoms with Gasteiger partial charge in [-0.25, -0.2) is 0 Å². The first-order valence-electron chi connectivity index (χ1n) is 7.13. The van der Waals surface area contributed by atoms with Crippen molar-refractivity contribution in [2.75, 3.05) is 19.7 Å². The minimum absolute atomic E-state index is 0.606. The summed E-state index contributed by atoms with van der Waals surface area (Å²) in [5.74, 6) is 1.36. The number of hydrogen-bond donors (Lipinski definition) is 1. The number of nitrogens with one attached hydrogen (secondary N) is 1. The van der Waals surface area contributed by atoms with Gasteiger partial charge in [-0.1, -0.05) is 38.1 Å². The van der Waals surface area contributed by atoms with Crippen LogP contribution in [0.5, 0.6) is 0 Å². The largest absolute Gasteiger partial charge is 0.376 e. The second-order valence-corrected chi connectivity index (χ2v) is 5.60. The summed E-state index contributed by atoms with van der Waals surface area (Å²) in [6, 6.07) is 8.82. The van der Waals surface area contributed by atoms with E-state index in [-0.39, 0.29) is 0 Å². The van der Waals surface area contributed by atoms with Crippen LogP contribution in [0.4, 0.5) is 0 Å². The zero-order valence-corrected chi connectivity index (χ0v) is 11.6. The fraction of sp³-hybridized carbons (Fsp3) is 0.625. The summed E-state index contributed by atoms with van der Waals surface area (Å²) in [5.41, 5.74) is 2.69. The summed E-state index contributed by atoms with van der Waals surface area (Å²) in [7, 11) is 0. The van der Waals surface area contributed by atoms with Crippen molar-refractivity contribution in [2.45, 2.75) is 39.2 Å². The highest BCUT2D eigenvalue weighted by molar-refractivity contribution is 5.24. The fourth-order valence-electron chi connectivity index (χ4n) is 2.39. The molecule has 0 saturated carbocycles. The molecular formula is C16H25NO. The third-order valence-electron chi connectivity index (χ3n) is 3.73. The van der Waals surface area contributed by atoms with Crippen molar-refractivity contribution < 1.29 is 4.74 Å². The second kappa shape index (κ2) is 6.91. The zero-order chi connectivity index (χ0) is 12.8. The van der Waals surface area contributed by atoms with Gasteiger partial charge >= 0.3 is 0 Å². The van der Waals surface area contributed by atoms with Gasteiger partial charge in [-0.2, -0.15) is 0 Å². The molecule has 0 spiro atoms. The van der Waals surface area contributed by atoms with Crippen molar-refractivity contribution >= 4 is 0 Å². The lowest BCUT2D eigenvalue weighted by Gasteiger charge is -2.22. The predicted molar refractivity (Wildman–Crippen MR) is 75.8 cm³/mol. The highest BCUT2D eigenvalue weighted by Crippen LogP contribution is 2.16. The third-order valence-corrected chi connectivity index (χ3v) is 3.73. The molecule has 2 nitrogen and oxygen atoms in total. The first-order chi connectivity index (χ1) is 8.75. The Morgan fingerprint density at radius 3 is 2.44 bits per heavy atom. The fourth-order valence-corrected chi connectivity index (χ4v) is 2.39. The molecule has 1 N–H and O–H groups in total. The summed E-state index contributed by atoms with van der Waals surface area (Å²) in [6.45, 7) is 8.41. The van der Waals surface area contributed by atoms with E-state index >= 15 is 0 Å². The van der Waals surface area contributed by atoms with E-state index in [0.717, 1.165) is 32.2 Å². The van der Waals surface area contributed by atoms with Crippen molar-refractivity contribution in [1.29, 1.82) is 0 Å². The smallest absolute Gasteiger partial charge is 0.0717 e. The topological polar surface area (TPSA) is 21.3 Å². The number of hydrogen-bond acceptors (Lipinski definition) is 2. The van der Waals surface area contributed by atoms with Gasteiger partial charge in [0, 0.05) is 6.61 Å². The van der Waals surface area contributed by atoms with E-state index in [1.54, 1.807) is 0 Å². The van der Waals surface area contributed by atoms with Gasteiger partial charge in [-0.15, -0.1) is 0 Å². The van der Waals surface area contributed by atoms with Crippen LogP contribution < -0.4 is 5.32 Å². The summed E-state index contributed by atoms with van der Waals surface area (Å²) >= 11 is 0. The molecular weight excluding hydrogens is 222 g/mol. The molecule has 100 valence electrons. The van der Waals surface area contributed by atoms with Gasteiger partial charge in [-0.3, -0.25) is 0 Å².